The fourth-order valence-electron chi connectivity index (χ4n) is 3.60. The molecule has 3 aromatic rings. The summed E-state index contributed by atoms with van der Waals surface area (Å²) in [6.07, 6.45) is -3.60. The topological polar surface area (TPSA) is 84.9 Å². The van der Waals surface area contributed by atoms with Gasteiger partial charge in [-0.05, 0) is 75.6 Å². The van der Waals surface area contributed by atoms with E-state index in [0.29, 0.717) is 37.8 Å². The molecule has 7 nitrogen and oxygen atoms in total. The minimum Gasteiger partial charge on any atom is -0.493 e. The fraction of sp³-hybridized carbons (Fsp3) is 0.115. The van der Waals surface area contributed by atoms with Crippen molar-refractivity contribution in [3.05, 3.63) is 91.4 Å². The van der Waals surface area contributed by atoms with E-state index in [4.69, 9.17) is 32.7 Å². The lowest BCUT2D eigenvalue weighted by molar-refractivity contribution is -0.137. The molecule has 0 unspecified atom stereocenters. The highest BCUT2D eigenvalue weighted by atomic mass is 79.9. The number of urea groups is 1. The maximum Gasteiger partial charge on any atom is 0.416 e. The number of benzene rings is 3. The van der Waals surface area contributed by atoms with Gasteiger partial charge in [-0.25, -0.2) is 9.69 Å². The third-order valence-corrected chi connectivity index (χ3v) is 6.64. The SMILES string of the molecule is COc1cc(/C=C2\C(=O)NC(=O)N(c3cc(C(F)(F)F)ccc3Cl)C2=O)cc(Br)c1OCc1ccc(Cl)cc1. The van der Waals surface area contributed by atoms with Crippen LogP contribution in [0.2, 0.25) is 10.0 Å². The van der Waals surface area contributed by atoms with Gasteiger partial charge in [-0.2, -0.15) is 13.2 Å². The van der Waals surface area contributed by atoms with Crippen LogP contribution in [0.3, 0.4) is 0 Å². The number of hydrogen-bond donors (Lipinski definition) is 1. The molecule has 0 spiro atoms. The molecule has 0 bridgehead atoms. The molecule has 1 heterocycles. The third-order valence-electron chi connectivity index (χ3n) is 5.48. The van der Waals surface area contributed by atoms with Crippen LogP contribution in [-0.2, 0) is 22.4 Å². The Balaban J connectivity index is 1.67. The van der Waals surface area contributed by atoms with Crippen LogP contribution in [0.15, 0.2) is 64.6 Å². The van der Waals surface area contributed by atoms with E-state index in [1.54, 1.807) is 24.3 Å². The van der Waals surface area contributed by atoms with Gasteiger partial charge in [-0.3, -0.25) is 14.9 Å². The maximum absolute atomic E-state index is 13.3. The minimum atomic E-state index is -4.76. The minimum absolute atomic E-state index is 0.183. The number of hydrogen-bond acceptors (Lipinski definition) is 5. The van der Waals surface area contributed by atoms with E-state index in [2.05, 4.69) is 15.9 Å². The summed E-state index contributed by atoms with van der Waals surface area (Å²) in [7, 11) is 1.39. The summed E-state index contributed by atoms with van der Waals surface area (Å²) in [6.45, 7) is 0.183. The number of carbonyl (C=O) groups excluding carboxylic acids is 3. The second-order valence-electron chi connectivity index (χ2n) is 8.07. The van der Waals surface area contributed by atoms with Crippen molar-refractivity contribution < 1.29 is 37.0 Å². The average molecular weight is 644 g/mol. The lowest BCUT2D eigenvalue weighted by Gasteiger charge is -2.27. The van der Waals surface area contributed by atoms with Gasteiger partial charge in [0, 0.05) is 5.02 Å². The molecular formula is C26H16BrCl2F3N2O5. The van der Waals surface area contributed by atoms with Crippen LogP contribution >= 0.6 is 39.1 Å². The molecule has 1 saturated heterocycles. The Morgan fingerprint density at radius 3 is 2.36 bits per heavy atom. The van der Waals surface area contributed by atoms with Crippen molar-refractivity contribution in [3.8, 4) is 11.5 Å². The molecule has 4 rings (SSSR count). The first kappa shape index (κ1) is 28.5. The van der Waals surface area contributed by atoms with E-state index in [9.17, 15) is 27.6 Å². The van der Waals surface area contributed by atoms with Crippen molar-refractivity contribution in [1.82, 2.24) is 5.32 Å². The standard InChI is InChI=1S/C26H16BrCl2F3N2O5/c1-38-21-10-14(9-18(27)22(21)39-12-13-2-5-16(28)6-3-13)8-17-23(35)33-25(37)34(24(17)36)20-11-15(26(30,31)32)4-7-19(20)29/h2-11H,12H2,1H3,(H,33,35,37)/b17-8+. The smallest absolute Gasteiger partial charge is 0.416 e. The molecule has 202 valence electrons. The summed E-state index contributed by atoms with van der Waals surface area (Å²) < 4.78 is 51.5. The molecule has 3 aromatic carbocycles. The largest absolute Gasteiger partial charge is 0.493 e. The molecule has 1 fully saturated rings. The summed E-state index contributed by atoms with van der Waals surface area (Å²) >= 11 is 15.3. The zero-order valence-electron chi connectivity index (χ0n) is 19.7. The van der Waals surface area contributed by atoms with Gasteiger partial charge >= 0.3 is 12.2 Å². The highest BCUT2D eigenvalue weighted by Crippen LogP contribution is 2.39. The molecule has 4 amide bonds. The lowest BCUT2D eigenvalue weighted by atomic mass is 10.1. The summed E-state index contributed by atoms with van der Waals surface area (Å²) in [5.74, 6) is -1.62. The fourth-order valence-corrected chi connectivity index (χ4v) is 4.50. The highest BCUT2D eigenvalue weighted by Gasteiger charge is 2.39. The number of amides is 4. The van der Waals surface area contributed by atoms with E-state index in [1.165, 1.54) is 19.2 Å². The second kappa shape index (κ2) is 11.3. The van der Waals surface area contributed by atoms with Crippen LogP contribution in [0.5, 0.6) is 11.5 Å². The summed E-state index contributed by atoms with van der Waals surface area (Å²) in [5, 5.41) is 2.23. The molecule has 1 N–H and O–H groups in total. The number of alkyl halides is 3. The van der Waals surface area contributed by atoms with E-state index < -0.39 is 40.8 Å². The molecule has 39 heavy (non-hydrogen) atoms. The molecule has 0 aliphatic carbocycles. The van der Waals surface area contributed by atoms with Crippen molar-refractivity contribution in [2.24, 2.45) is 0 Å². The van der Waals surface area contributed by atoms with Crippen LogP contribution in [0.4, 0.5) is 23.7 Å². The Bertz CT molecular complexity index is 1510. The second-order valence-corrected chi connectivity index (χ2v) is 9.77. The number of halogens is 6. The van der Waals surface area contributed by atoms with E-state index in [-0.39, 0.29) is 17.4 Å². The number of nitrogens with zero attached hydrogens (tertiary/aromatic N) is 1. The molecule has 0 aromatic heterocycles. The van der Waals surface area contributed by atoms with Crippen molar-refractivity contribution in [3.63, 3.8) is 0 Å². The van der Waals surface area contributed by atoms with E-state index in [1.807, 2.05) is 5.32 Å². The Kier molecular flexibility index (Phi) is 8.24. The van der Waals surface area contributed by atoms with Crippen molar-refractivity contribution in [1.29, 1.82) is 0 Å². The van der Waals surface area contributed by atoms with E-state index >= 15 is 0 Å². The van der Waals surface area contributed by atoms with Crippen LogP contribution in [0.1, 0.15) is 16.7 Å². The zero-order chi connectivity index (χ0) is 28.5. The predicted molar refractivity (Wildman–Crippen MR) is 142 cm³/mol. The number of anilines is 1. The first-order chi connectivity index (χ1) is 18.4. The monoisotopic (exact) mass is 642 g/mol. The van der Waals surface area contributed by atoms with Crippen LogP contribution in [0, 0.1) is 0 Å². The van der Waals surface area contributed by atoms with Crippen LogP contribution in [-0.4, -0.2) is 25.0 Å². The first-order valence-electron chi connectivity index (χ1n) is 10.9. The number of nitrogens with one attached hydrogen (secondary N) is 1. The summed E-state index contributed by atoms with van der Waals surface area (Å²) in [4.78, 5) is 38.6. The molecule has 1 aliphatic rings. The van der Waals surface area contributed by atoms with Gasteiger partial charge in [0.2, 0.25) is 0 Å². The predicted octanol–water partition coefficient (Wildman–Crippen LogP) is 7.03. The van der Waals surface area contributed by atoms with Gasteiger partial charge < -0.3 is 9.47 Å². The number of ether oxygens (including phenoxy) is 2. The molecule has 1 aliphatic heterocycles. The van der Waals surface area contributed by atoms with Crippen LogP contribution in [0.25, 0.3) is 6.08 Å². The van der Waals surface area contributed by atoms with Crippen molar-refractivity contribution in [2.75, 3.05) is 12.0 Å². The van der Waals surface area contributed by atoms with Crippen molar-refractivity contribution in [2.45, 2.75) is 12.8 Å². The quantitative estimate of drug-likeness (QED) is 0.230. The molecule has 0 atom stereocenters. The number of rotatable bonds is 6. The van der Waals surface area contributed by atoms with Gasteiger partial charge in [-0.1, -0.05) is 35.3 Å². The van der Waals surface area contributed by atoms with Gasteiger partial charge in [-0.15, -0.1) is 0 Å². The van der Waals surface area contributed by atoms with Gasteiger partial charge in [0.15, 0.2) is 11.5 Å². The zero-order valence-corrected chi connectivity index (χ0v) is 22.8. The molecule has 0 radical (unpaired) electrons. The number of carbonyl (C=O) groups is 3. The lowest BCUT2D eigenvalue weighted by Crippen LogP contribution is -2.54. The van der Waals surface area contributed by atoms with Gasteiger partial charge in [0.25, 0.3) is 11.8 Å². The Morgan fingerprint density at radius 1 is 1.03 bits per heavy atom. The molecule has 0 saturated carbocycles. The first-order valence-corrected chi connectivity index (χ1v) is 12.5. The normalized spacial score (nSPS) is 15.0. The van der Waals surface area contributed by atoms with E-state index in [0.717, 1.165) is 17.7 Å². The Hall–Kier alpha value is -3.54. The number of barbiturate groups is 1. The molecule has 13 heteroatoms. The number of methoxy groups -OCH3 is 1. The highest BCUT2D eigenvalue weighted by molar-refractivity contribution is 9.10. The Morgan fingerprint density at radius 2 is 1.72 bits per heavy atom. The van der Waals surface area contributed by atoms with Crippen molar-refractivity contribution >= 4 is 68.7 Å². The summed E-state index contributed by atoms with van der Waals surface area (Å²) in [6, 6.07) is 11.0. The number of imide groups is 2. The summed E-state index contributed by atoms with van der Waals surface area (Å²) in [5.41, 5.74) is -1.06. The Labute approximate surface area is 238 Å². The molecular weight excluding hydrogens is 628 g/mol. The van der Waals surface area contributed by atoms with Crippen LogP contribution < -0.4 is 19.7 Å². The third kappa shape index (κ3) is 6.21. The van der Waals surface area contributed by atoms with Gasteiger partial charge in [0.05, 0.1) is 27.9 Å². The van der Waals surface area contributed by atoms with Gasteiger partial charge in [0.1, 0.15) is 12.2 Å². The average Bonchev–Trinajstić information content (AvgIpc) is 2.87. The maximum atomic E-state index is 13.3.